The molecule has 1 aliphatic rings. The first-order valence-electron chi connectivity index (χ1n) is 7.84. The Balaban J connectivity index is 1.95. The van der Waals surface area contributed by atoms with Crippen LogP contribution in [0.25, 0.3) is 0 Å². The standard InChI is InChI=1S/C17H24N2OS2/c1-12(2)14-8-4-5-9-15(14)18-16(20)13(3)22-17(21)19-10-6-7-11-19/h4-5,8-9,12-13H,6-7,10-11H2,1-3H3,(H,18,20)/t13-/m0/s1. The zero-order valence-electron chi connectivity index (χ0n) is 13.5. The largest absolute Gasteiger partial charge is 0.358 e. The van der Waals surface area contributed by atoms with Crippen molar-refractivity contribution in [1.82, 2.24) is 4.90 Å². The zero-order valence-corrected chi connectivity index (χ0v) is 15.1. The van der Waals surface area contributed by atoms with E-state index in [9.17, 15) is 4.79 Å². The van der Waals surface area contributed by atoms with E-state index in [1.807, 2.05) is 25.1 Å². The van der Waals surface area contributed by atoms with E-state index in [1.54, 1.807) is 0 Å². The molecule has 22 heavy (non-hydrogen) atoms. The van der Waals surface area contributed by atoms with Crippen molar-refractivity contribution < 1.29 is 4.79 Å². The van der Waals surface area contributed by atoms with Crippen molar-refractivity contribution in [2.75, 3.05) is 18.4 Å². The molecule has 1 aromatic rings. The molecule has 1 amide bonds. The molecule has 0 saturated carbocycles. The van der Waals surface area contributed by atoms with Crippen molar-refractivity contribution in [1.29, 1.82) is 0 Å². The van der Waals surface area contributed by atoms with Gasteiger partial charge in [-0.3, -0.25) is 4.79 Å². The summed E-state index contributed by atoms with van der Waals surface area (Å²) in [5.74, 6) is 0.393. The van der Waals surface area contributed by atoms with E-state index in [-0.39, 0.29) is 11.2 Å². The van der Waals surface area contributed by atoms with E-state index in [0.29, 0.717) is 5.92 Å². The molecular weight excluding hydrogens is 312 g/mol. The molecule has 1 fully saturated rings. The number of amides is 1. The van der Waals surface area contributed by atoms with Crippen LogP contribution in [-0.4, -0.2) is 33.5 Å². The van der Waals surface area contributed by atoms with Gasteiger partial charge < -0.3 is 10.2 Å². The summed E-state index contributed by atoms with van der Waals surface area (Å²) in [6.45, 7) is 8.23. The van der Waals surface area contributed by atoms with Crippen LogP contribution in [0.3, 0.4) is 0 Å². The Kier molecular flexibility index (Phi) is 6.26. The van der Waals surface area contributed by atoms with E-state index in [0.717, 1.165) is 28.7 Å². The predicted octanol–water partition coefficient (Wildman–Crippen LogP) is 4.25. The van der Waals surface area contributed by atoms with Crippen LogP contribution < -0.4 is 5.32 Å². The first-order valence-corrected chi connectivity index (χ1v) is 9.13. The number of para-hydroxylation sites is 1. The molecule has 1 N–H and O–H groups in total. The molecule has 0 aliphatic carbocycles. The number of benzene rings is 1. The SMILES string of the molecule is CC(C)c1ccccc1NC(=O)[C@H](C)SC(=S)N1CCCC1. The second-order valence-corrected chi connectivity index (χ2v) is 7.93. The van der Waals surface area contributed by atoms with Gasteiger partial charge in [0.1, 0.15) is 4.32 Å². The van der Waals surface area contributed by atoms with Gasteiger partial charge in [0.15, 0.2) is 0 Å². The number of thiocarbonyl (C=S) groups is 1. The number of likely N-dealkylation sites (tertiary alicyclic amines) is 1. The highest BCUT2D eigenvalue weighted by atomic mass is 32.2. The van der Waals surface area contributed by atoms with Gasteiger partial charge in [0.05, 0.1) is 5.25 Å². The topological polar surface area (TPSA) is 32.3 Å². The monoisotopic (exact) mass is 336 g/mol. The Bertz CT molecular complexity index is 539. The van der Waals surface area contributed by atoms with Crippen LogP contribution in [0.2, 0.25) is 0 Å². The molecule has 0 radical (unpaired) electrons. The lowest BCUT2D eigenvalue weighted by molar-refractivity contribution is -0.115. The Hall–Kier alpha value is -1.07. The molecule has 1 atom stereocenters. The quantitative estimate of drug-likeness (QED) is 0.833. The van der Waals surface area contributed by atoms with Crippen LogP contribution in [0.15, 0.2) is 24.3 Å². The predicted molar refractivity (Wildman–Crippen MR) is 99.6 cm³/mol. The van der Waals surface area contributed by atoms with Gasteiger partial charge in [-0.25, -0.2) is 0 Å². The third-order valence-electron chi connectivity index (χ3n) is 3.85. The minimum absolute atomic E-state index is 0.0136. The molecule has 0 unspecified atom stereocenters. The lowest BCUT2D eigenvalue weighted by Gasteiger charge is -2.21. The van der Waals surface area contributed by atoms with Gasteiger partial charge >= 0.3 is 0 Å². The number of carbonyl (C=O) groups excluding carboxylic acids is 1. The van der Waals surface area contributed by atoms with E-state index >= 15 is 0 Å². The lowest BCUT2D eigenvalue weighted by atomic mass is 10.0. The van der Waals surface area contributed by atoms with Gasteiger partial charge in [0.25, 0.3) is 0 Å². The van der Waals surface area contributed by atoms with Gasteiger partial charge in [0.2, 0.25) is 5.91 Å². The second-order valence-electron chi connectivity index (χ2n) is 5.95. The molecule has 3 nitrogen and oxygen atoms in total. The van der Waals surface area contributed by atoms with Crippen molar-refractivity contribution in [3.63, 3.8) is 0 Å². The summed E-state index contributed by atoms with van der Waals surface area (Å²) in [7, 11) is 0. The Morgan fingerprint density at radius 2 is 1.86 bits per heavy atom. The second kappa shape index (κ2) is 7.97. The summed E-state index contributed by atoms with van der Waals surface area (Å²) in [5.41, 5.74) is 2.07. The number of hydrogen-bond donors (Lipinski definition) is 1. The fourth-order valence-corrected chi connectivity index (χ4v) is 3.94. The maximum absolute atomic E-state index is 12.4. The first kappa shape index (κ1) is 17.3. The third-order valence-corrected chi connectivity index (χ3v) is 5.43. The van der Waals surface area contributed by atoms with Gasteiger partial charge in [0, 0.05) is 18.8 Å². The molecule has 5 heteroatoms. The molecule has 1 saturated heterocycles. The summed E-state index contributed by atoms with van der Waals surface area (Å²) >= 11 is 6.93. The molecule has 0 spiro atoms. The van der Waals surface area contributed by atoms with E-state index in [1.165, 1.54) is 24.6 Å². The average Bonchev–Trinajstić information content (AvgIpc) is 3.01. The lowest BCUT2D eigenvalue weighted by Crippen LogP contribution is -2.29. The first-order chi connectivity index (χ1) is 10.5. The fraction of sp³-hybridized carbons (Fsp3) is 0.529. The van der Waals surface area contributed by atoms with E-state index < -0.39 is 0 Å². The van der Waals surface area contributed by atoms with Gasteiger partial charge in [-0.05, 0) is 37.3 Å². The van der Waals surface area contributed by atoms with Gasteiger partial charge in [-0.2, -0.15) is 0 Å². The Morgan fingerprint density at radius 1 is 1.23 bits per heavy atom. The van der Waals surface area contributed by atoms with E-state index in [4.69, 9.17) is 12.2 Å². The van der Waals surface area contributed by atoms with Crippen molar-refractivity contribution in [3.05, 3.63) is 29.8 Å². The number of carbonyl (C=O) groups is 1. The number of hydrogen-bond acceptors (Lipinski definition) is 3. The van der Waals surface area contributed by atoms with Gasteiger partial charge in [-0.1, -0.05) is 56.0 Å². The number of thioether (sulfide) groups is 1. The van der Waals surface area contributed by atoms with Crippen molar-refractivity contribution in [2.24, 2.45) is 0 Å². The molecule has 1 aromatic carbocycles. The minimum atomic E-state index is -0.187. The number of nitrogens with one attached hydrogen (secondary N) is 1. The number of anilines is 1. The van der Waals surface area contributed by atoms with Crippen molar-refractivity contribution >= 4 is 39.9 Å². The van der Waals surface area contributed by atoms with Crippen LogP contribution in [0.5, 0.6) is 0 Å². The highest BCUT2D eigenvalue weighted by Crippen LogP contribution is 2.26. The van der Waals surface area contributed by atoms with Crippen LogP contribution in [0.1, 0.15) is 45.1 Å². The third kappa shape index (κ3) is 4.46. The molecule has 120 valence electrons. The summed E-state index contributed by atoms with van der Waals surface area (Å²) < 4.78 is 0.845. The summed E-state index contributed by atoms with van der Waals surface area (Å²) in [6.07, 6.45) is 2.39. The Morgan fingerprint density at radius 3 is 2.50 bits per heavy atom. The van der Waals surface area contributed by atoms with Crippen LogP contribution in [-0.2, 0) is 4.79 Å². The van der Waals surface area contributed by atoms with Gasteiger partial charge in [-0.15, -0.1) is 0 Å². The smallest absolute Gasteiger partial charge is 0.237 e. The maximum atomic E-state index is 12.4. The number of nitrogens with zero attached hydrogens (tertiary/aromatic N) is 1. The highest BCUT2D eigenvalue weighted by molar-refractivity contribution is 8.23. The van der Waals surface area contributed by atoms with Crippen molar-refractivity contribution in [2.45, 2.75) is 44.8 Å². The zero-order chi connectivity index (χ0) is 16.1. The molecular formula is C17H24N2OS2. The average molecular weight is 337 g/mol. The normalized spacial score (nSPS) is 15.9. The molecule has 0 aromatic heterocycles. The molecule has 0 bridgehead atoms. The summed E-state index contributed by atoms with van der Waals surface area (Å²) in [6, 6.07) is 7.98. The Labute approximate surface area is 142 Å². The maximum Gasteiger partial charge on any atom is 0.237 e. The van der Waals surface area contributed by atoms with E-state index in [2.05, 4.69) is 30.1 Å². The molecule has 1 heterocycles. The molecule has 1 aliphatic heterocycles. The summed E-state index contributed by atoms with van der Waals surface area (Å²) in [4.78, 5) is 14.6. The minimum Gasteiger partial charge on any atom is -0.358 e. The van der Waals surface area contributed by atoms with Crippen LogP contribution in [0, 0.1) is 0 Å². The summed E-state index contributed by atoms with van der Waals surface area (Å²) in [5, 5.41) is 2.86. The fourth-order valence-electron chi connectivity index (χ4n) is 2.53. The van der Waals surface area contributed by atoms with Crippen LogP contribution >= 0.6 is 24.0 Å². The van der Waals surface area contributed by atoms with Crippen molar-refractivity contribution in [3.8, 4) is 0 Å². The highest BCUT2D eigenvalue weighted by Gasteiger charge is 2.22. The van der Waals surface area contributed by atoms with Crippen LogP contribution in [0.4, 0.5) is 5.69 Å². The number of rotatable bonds is 4. The molecule has 2 rings (SSSR count).